The van der Waals surface area contributed by atoms with Gasteiger partial charge in [0.1, 0.15) is 0 Å². The van der Waals surface area contributed by atoms with E-state index in [9.17, 15) is 4.21 Å². The predicted molar refractivity (Wildman–Crippen MR) is 65.1 cm³/mol. The van der Waals surface area contributed by atoms with Crippen LogP contribution in [0.5, 0.6) is 0 Å². The van der Waals surface area contributed by atoms with Crippen LogP contribution >= 0.6 is 0 Å². The van der Waals surface area contributed by atoms with Crippen LogP contribution in [0.2, 0.25) is 0 Å². The molecule has 0 N–H and O–H groups in total. The van der Waals surface area contributed by atoms with Crippen molar-refractivity contribution in [2.24, 2.45) is 0 Å². The summed E-state index contributed by atoms with van der Waals surface area (Å²) in [5.41, 5.74) is 0. The van der Waals surface area contributed by atoms with Gasteiger partial charge in [-0.15, -0.1) is 0 Å². The smallest absolute Gasteiger partial charge is 0.0690 e. The van der Waals surface area contributed by atoms with Gasteiger partial charge in [0.15, 0.2) is 0 Å². The summed E-state index contributed by atoms with van der Waals surface area (Å²) in [5.74, 6) is 1.42. The van der Waals surface area contributed by atoms with E-state index < -0.39 is 10.8 Å². The van der Waals surface area contributed by atoms with Crippen LogP contribution in [0, 0.1) is 0 Å². The average molecular weight is 246 g/mol. The summed E-state index contributed by atoms with van der Waals surface area (Å²) in [6.07, 6.45) is 7.40. The van der Waals surface area contributed by atoms with Gasteiger partial charge >= 0.3 is 0 Å². The molecular formula is C12H22O3S. The lowest BCUT2D eigenvalue weighted by Crippen LogP contribution is -2.31. The summed E-state index contributed by atoms with van der Waals surface area (Å²) in [6.45, 7) is 1.70. The topological polar surface area (TPSA) is 35.5 Å². The number of ether oxygens (including phenoxy) is 2. The largest absolute Gasteiger partial charge is 0.377 e. The molecule has 2 heterocycles. The van der Waals surface area contributed by atoms with Gasteiger partial charge in [0.2, 0.25) is 0 Å². The molecule has 0 radical (unpaired) electrons. The first-order valence-corrected chi connectivity index (χ1v) is 7.91. The van der Waals surface area contributed by atoms with Crippen LogP contribution in [0.25, 0.3) is 0 Å². The van der Waals surface area contributed by atoms with E-state index in [2.05, 4.69) is 0 Å². The fourth-order valence-corrected chi connectivity index (χ4v) is 3.85. The molecule has 0 aromatic carbocycles. The second-order valence-electron chi connectivity index (χ2n) is 4.75. The third kappa shape index (κ3) is 4.15. The highest BCUT2D eigenvalue weighted by atomic mass is 32.2. The Morgan fingerprint density at radius 3 is 1.75 bits per heavy atom. The van der Waals surface area contributed by atoms with E-state index in [1.54, 1.807) is 0 Å². The number of hydrogen-bond acceptors (Lipinski definition) is 3. The maximum Gasteiger partial charge on any atom is 0.0690 e. The Morgan fingerprint density at radius 2 is 1.38 bits per heavy atom. The van der Waals surface area contributed by atoms with Gasteiger partial charge in [0.05, 0.1) is 12.2 Å². The fraction of sp³-hybridized carbons (Fsp3) is 1.00. The molecule has 2 saturated heterocycles. The standard InChI is InChI=1S/C12H22O3S/c13-16(9-11-5-1-3-7-14-11)10-12-6-2-4-8-15-12/h11-12H,1-10H2. The van der Waals surface area contributed by atoms with Crippen molar-refractivity contribution < 1.29 is 13.7 Å². The summed E-state index contributed by atoms with van der Waals surface area (Å²) in [4.78, 5) is 0. The minimum Gasteiger partial charge on any atom is -0.377 e. The molecule has 0 amide bonds. The number of rotatable bonds is 4. The van der Waals surface area contributed by atoms with Crippen molar-refractivity contribution in [3.8, 4) is 0 Å². The SMILES string of the molecule is O=S(CC1CCCCO1)CC1CCCCO1. The summed E-state index contributed by atoms with van der Waals surface area (Å²) in [5, 5.41) is 0. The zero-order valence-electron chi connectivity index (χ0n) is 9.86. The van der Waals surface area contributed by atoms with E-state index in [4.69, 9.17) is 9.47 Å². The van der Waals surface area contributed by atoms with E-state index in [1.165, 1.54) is 12.8 Å². The van der Waals surface area contributed by atoms with Crippen LogP contribution in [-0.2, 0) is 20.3 Å². The van der Waals surface area contributed by atoms with Crippen LogP contribution in [0.3, 0.4) is 0 Å². The lowest BCUT2D eigenvalue weighted by molar-refractivity contribution is 0.0272. The van der Waals surface area contributed by atoms with Crippen molar-refractivity contribution in [2.45, 2.75) is 50.7 Å². The third-order valence-corrected chi connectivity index (χ3v) is 4.78. The van der Waals surface area contributed by atoms with Crippen LogP contribution in [-0.4, -0.2) is 41.1 Å². The first kappa shape index (κ1) is 12.5. The molecule has 2 atom stereocenters. The Bertz CT molecular complexity index is 198. The molecule has 0 spiro atoms. The zero-order chi connectivity index (χ0) is 11.2. The number of hydrogen-bond donors (Lipinski definition) is 0. The van der Waals surface area contributed by atoms with Gasteiger partial charge in [-0.25, -0.2) is 0 Å². The minimum absolute atomic E-state index is 0.234. The maximum absolute atomic E-state index is 11.9. The molecule has 0 saturated carbocycles. The van der Waals surface area contributed by atoms with Crippen molar-refractivity contribution in [3.63, 3.8) is 0 Å². The molecule has 16 heavy (non-hydrogen) atoms. The lowest BCUT2D eigenvalue weighted by Gasteiger charge is -2.25. The van der Waals surface area contributed by atoms with Crippen molar-refractivity contribution in [1.29, 1.82) is 0 Å². The maximum atomic E-state index is 11.9. The Kier molecular flexibility index (Phi) is 5.26. The van der Waals surface area contributed by atoms with Crippen LogP contribution in [0.4, 0.5) is 0 Å². The predicted octanol–water partition coefficient (Wildman–Crippen LogP) is 1.87. The van der Waals surface area contributed by atoms with Crippen LogP contribution in [0.15, 0.2) is 0 Å². The van der Waals surface area contributed by atoms with Crippen molar-refractivity contribution in [3.05, 3.63) is 0 Å². The highest BCUT2D eigenvalue weighted by Crippen LogP contribution is 2.16. The first-order valence-electron chi connectivity index (χ1n) is 6.43. The van der Waals surface area contributed by atoms with Gasteiger partial charge in [-0.3, -0.25) is 4.21 Å². The first-order chi connectivity index (χ1) is 7.84. The molecule has 0 aromatic heterocycles. The molecule has 0 bridgehead atoms. The van der Waals surface area contributed by atoms with Gasteiger partial charge in [0.25, 0.3) is 0 Å². The van der Waals surface area contributed by atoms with E-state index in [0.29, 0.717) is 11.5 Å². The highest BCUT2D eigenvalue weighted by molar-refractivity contribution is 7.85. The van der Waals surface area contributed by atoms with Gasteiger partial charge in [-0.2, -0.15) is 0 Å². The molecule has 4 heteroatoms. The van der Waals surface area contributed by atoms with Crippen molar-refractivity contribution >= 4 is 10.8 Å². The summed E-state index contributed by atoms with van der Waals surface area (Å²) < 4.78 is 23.1. The van der Waals surface area contributed by atoms with Crippen LogP contribution in [0.1, 0.15) is 38.5 Å². The Morgan fingerprint density at radius 1 is 0.875 bits per heavy atom. The normalized spacial score (nSPS) is 33.5. The molecule has 0 aromatic rings. The monoisotopic (exact) mass is 246 g/mol. The highest BCUT2D eigenvalue weighted by Gasteiger charge is 2.21. The molecule has 2 fully saturated rings. The van der Waals surface area contributed by atoms with Gasteiger partial charge in [-0.1, -0.05) is 0 Å². The van der Waals surface area contributed by atoms with Crippen LogP contribution < -0.4 is 0 Å². The quantitative estimate of drug-likeness (QED) is 0.759. The van der Waals surface area contributed by atoms with Crippen molar-refractivity contribution in [2.75, 3.05) is 24.7 Å². The average Bonchev–Trinajstić information content (AvgIpc) is 2.31. The molecule has 0 aliphatic carbocycles. The molecule has 2 aliphatic heterocycles. The van der Waals surface area contributed by atoms with Gasteiger partial charge in [0, 0.05) is 35.5 Å². The van der Waals surface area contributed by atoms with E-state index >= 15 is 0 Å². The molecule has 3 nitrogen and oxygen atoms in total. The second kappa shape index (κ2) is 6.72. The third-order valence-electron chi connectivity index (χ3n) is 3.29. The minimum atomic E-state index is -0.765. The summed E-state index contributed by atoms with van der Waals surface area (Å²) in [6, 6.07) is 0. The summed E-state index contributed by atoms with van der Waals surface area (Å²) >= 11 is 0. The Labute approximate surface area is 100 Å². The summed E-state index contributed by atoms with van der Waals surface area (Å²) in [7, 11) is -0.765. The molecule has 94 valence electrons. The zero-order valence-corrected chi connectivity index (χ0v) is 10.7. The van der Waals surface area contributed by atoms with Crippen molar-refractivity contribution in [1.82, 2.24) is 0 Å². The van der Waals surface area contributed by atoms with E-state index in [1.807, 2.05) is 0 Å². The van der Waals surface area contributed by atoms with E-state index in [0.717, 1.165) is 38.9 Å². The van der Waals surface area contributed by atoms with Gasteiger partial charge in [-0.05, 0) is 38.5 Å². The van der Waals surface area contributed by atoms with Gasteiger partial charge < -0.3 is 9.47 Å². The molecule has 2 rings (SSSR count). The second-order valence-corrected chi connectivity index (χ2v) is 6.30. The molecular weight excluding hydrogens is 224 g/mol. The lowest BCUT2D eigenvalue weighted by atomic mass is 10.1. The van der Waals surface area contributed by atoms with E-state index in [-0.39, 0.29) is 12.2 Å². The fourth-order valence-electron chi connectivity index (χ4n) is 2.36. The molecule has 2 unspecified atom stereocenters. The molecule has 2 aliphatic rings. The Balaban J connectivity index is 1.66. The Hall–Kier alpha value is 0.0700.